The largest absolute Gasteiger partial charge is 0.384 e. The quantitative estimate of drug-likeness (QED) is 0.648. The molecule has 1 N–H and O–H groups in total. The van der Waals surface area contributed by atoms with Crippen molar-refractivity contribution in [3.05, 3.63) is 17.0 Å². The minimum Gasteiger partial charge on any atom is -0.384 e. The van der Waals surface area contributed by atoms with E-state index in [0.717, 1.165) is 23.5 Å². The van der Waals surface area contributed by atoms with E-state index in [4.69, 9.17) is 5.11 Å². The summed E-state index contributed by atoms with van der Waals surface area (Å²) in [6.45, 7) is 6.72. The van der Waals surface area contributed by atoms with Gasteiger partial charge in [0, 0.05) is 6.54 Å². The lowest BCUT2D eigenvalue weighted by Gasteiger charge is -1.96. The lowest BCUT2D eigenvalue weighted by Crippen LogP contribution is -1.98. The molecule has 0 amide bonds. The van der Waals surface area contributed by atoms with Crippen molar-refractivity contribution < 1.29 is 5.11 Å². The Balaban J connectivity index is 3.13. The number of aliphatic hydroxyl groups is 1. The van der Waals surface area contributed by atoms with Gasteiger partial charge in [0.15, 0.2) is 0 Å². The second kappa shape index (κ2) is 4.11. The lowest BCUT2D eigenvalue weighted by molar-refractivity contribution is 0.350. The van der Waals surface area contributed by atoms with E-state index < -0.39 is 0 Å². The molecule has 0 aliphatic heterocycles. The normalized spacial score (nSPS) is 9.54. The first-order chi connectivity index (χ1) is 6.20. The lowest BCUT2D eigenvalue weighted by atomic mass is 10.2. The monoisotopic (exact) mass is 178 g/mol. The number of hydrogen-bond acceptors (Lipinski definition) is 2. The molecule has 1 rings (SSSR count). The van der Waals surface area contributed by atoms with Gasteiger partial charge >= 0.3 is 0 Å². The summed E-state index contributed by atoms with van der Waals surface area (Å²) >= 11 is 0. The molecule has 1 aromatic rings. The molecular formula is C10H14N2O. The van der Waals surface area contributed by atoms with E-state index in [1.165, 1.54) is 0 Å². The van der Waals surface area contributed by atoms with Gasteiger partial charge in [-0.25, -0.2) is 0 Å². The van der Waals surface area contributed by atoms with Crippen LogP contribution in [-0.2, 0) is 6.54 Å². The highest BCUT2D eigenvalue weighted by Crippen LogP contribution is 2.10. The highest BCUT2D eigenvalue weighted by atomic mass is 16.2. The number of hydrogen-bond donors (Lipinski definition) is 1. The van der Waals surface area contributed by atoms with Gasteiger partial charge in [0.2, 0.25) is 0 Å². The fraction of sp³-hybridized carbons (Fsp3) is 0.500. The molecule has 0 fully saturated rings. The maximum atomic E-state index is 8.57. The van der Waals surface area contributed by atoms with Gasteiger partial charge in [0.25, 0.3) is 0 Å². The standard InChI is InChI=1S/C10H14N2O/c1-4-12-9(3)10(6-5-7-13)8(2)11-12/h13H,4,7H2,1-3H3. The number of aryl methyl sites for hydroxylation is 2. The third-order valence-electron chi connectivity index (χ3n) is 1.97. The Kier molecular flexibility index (Phi) is 3.10. The fourth-order valence-electron chi connectivity index (χ4n) is 1.31. The first kappa shape index (κ1) is 9.82. The highest BCUT2D eigenvalue weighted by molar-refractivity contribution is 5.41. The first-order valence-electron chi connectivity index (χ1n) is 4.34. The van der Waals surface area contributed by atoms with Crippen molar-refractivity contribution in [2.45, 2.75) is 27.3 Å². The summed E-state index contributed by atoms with van der Waals surface area (Å²) in [6, 6.07) is 0. The average molecular weight is 178 g/mol. The van der Waals surface area contributed by atoms with E-state index in [0.29, 0.717) is 0 Å². The Bertz CT molecular complexity index is 355. The molecule has 0 spiro atoms. The fourth-order valence-corrected chi connectivity index (χ4v) is 1.31. The molecule has 0 aliphatic carbocycles. The van der Waals surface area contributed by atoms with Gasteiger partial charge in [-0.15, -0.1) is 0 Å². The minimum atomic E-state index is -0.101. The Morgan fingerprint density at radius 3 is 2.62 bits per heavy atom. The van der Waals surface area contributed by atoms with E-state index in [1.807, 2.05) is 25.5 Å². The molecule has 3 nitrogen and oxygen atoms in total. The molecule has 3 heteroatoms. The maximum Gasteiger partial charge on any atom is 0.104 e. The third kappa shape index (κ3) is 1.90. The second-order valence-electron chi connectivity index (χ2n) is 2.82. The Morgan fingerprint density at radius 2 is 2.15 bits per heavy atom. The molecule has 0 atom stereocenters. The minimum absolute atomic E-state index is 0.101. The molecule has 0 saturated carbocycles. The maximum absolute atomic E-state index is 8.57. The molecule has 1 aromatic heterocycles. The van der Waals surface area contributed by atoms with Crippen LogP contribution in [0.3, 0.4) is 0 Å². The van der Waals surface area contributed by atoms with Crippen LogP contribution in [-0.4, -0.2) is 21.5 Å². The Morgan fingerprint density at radius 1 is 1.46 bits per heavy atom. The molecule has 70 valence electrons. The van der Waals surface area contributed by atoms with Crippen LogP contribution in [0.2, 0.25) is 0 Å². The molecule has 1 heterocycles. The van der Waals surface area contributed by atoms with Crippen LogP contribution in [0.1, 0.15) is 23.9 Å². The Labute approximate surface area is 78.4 Å². The van der Waals surface area contributed by atoms with Gasteiger partial charge < -0.3 is 5.11 Å². The van der Waals surface area contributed by atoms with Gasteiger partial charge in [-0.1, -0.05) is 11.8 Å². The summed E-state index contributed by atoms with van der Waals surface area (Å²) < 4.78 is 1.91. The average Bonchev–Trinajstić information content (AvgIpc) is 2.39. The number of nitrogens with zero attached hydrogens (tertiary/aromatic N) is 2. The predicted octanol–water partition coefficient (Wildman–Crippen LogP) is 0.864. The SMILES string of the molecule is CCn1nc(C)c(C#CCO)c1C. The zero-order valence-corrected chi connectivity index (χ0v) is 8.26. The number of aromatic nitrogens is 2. The highest BCUT2D eigenvalue weighted by Gasteiger charge is 2.06. The molecule has 0 saturated heterocycles. The van der Waals surface area contributed by atoms with Crippen LogP contribution in [0.5, 0.6) is 0 Å². The zero-order chi connectivity index (χ0) is 9.84. The summed E-state index contributed by atoms with van der Waals surface area (Å²) in [5.41, 5.74) is 2.94. The topological polar surface area (TPSA) is 38.0 Å². The molecule has 0 unspecified atom stereocenters. The van der Waals surface area contributed by atoms with Crippen LogP contribution in [0, 0.1) is 25.7 Å². The summed E-state index contributed by atoms with van der Waals surface area (Å²) in [5, 5.41) is 12.9. The van der Waals surface area contributed by atoms with E-state index in [-0.39, 0.29) is 6.61 Å². The van der Waals surface area contributed by atoms with E-state index in [1.54, 1.807) is 0 Å². The molecule has 0 radical (unpaired) electrons. The summed E-state index contributed by atoms with van der Waals surface area (Å²) in [4.78, 5) is 0. The van der Waals surface area contributed by atoms with E-state index in [2.05, 4.69) is 16.9 Å². The van der Waals surface area contributed by atoms with Crippen molar-refractivity contribution in [3.8, 4) is 11.8 Å². The van der Waals surface area contributed by atoms with E-state index in [9.17, 15) is 0 Å². The molecular weight excluding hydrogens is 164 g/mol. The number of rotatable bonds is 1. The molecule has 0 bridgehead atoms. The van der Waals surface area contributed by atoms with Crippen LogP contribution in [0.15, 0.2) is 0 Å². The second-order valence-corrected chi connectivity index (χ2v) is 2.82. The molecule has 0 aromatic carbocycles. The van der Waals surface area contributed by atoms with Gasteiger partial charge in [-0.05, 0) is 20.8 Å². The number of aliphatic hydroxyl groups excluding tert-OH is 1. The van der Waals surface area contributed by atoms with Crippen molar-refractivity contribution in [1.29, 1.82) is 0 Å². The third-order valence-corrected chi connectivity index (χ3v) is 1.97. The van der Waals surface area contributed by atoms with Gasteiger partial charge in [-0.3, -0.25) is 4.68 Å². The van der Waals surface area contributed by atoms with Gasteiger partial charge in [0.05, 0.1) is 17.0 Å². The molecule has 0 aliphatic rings. The van der Waals surface area contributed by atoms with Crippen LogP contribution < -0.4 is 0 Å². The van der Waals surface area contributed by atoms with Crippen molar-refractivity contribution in [1.82, 2.24) is 9.78 Å². The van der Waals surface area contributed by atoms with Crippen molar-refractivity contribution in [2.24, 2.45) is 0 Å². The smallest absolute Gasteiger partial charge is 0.104 e. The first-order valence-corrected chi connectivity index (χ1v) is 4.34. The van der Waals surface area contributed by atoms with Gasteiger partial charge in [-0.2, -0.15) is 5.10 Å². The van der Waals surface area contributed by atoms with Crippen LogP contribution in [0.4, 0.5) is 0 Å². The van der Waals surface area contributed by atoms with Crippen molar-refractivity contribution >= 4 is 0 Å². The van der Waals surface area contributed by atoms with Crippen molar-refractivity contribution in [2.75, 3.05) is 6.61 Å². The zero-order valence-electron chi connectivity index (χ0n) is 8.26. The van der Waals surface area contributed by atoms with E-state index >= 15 is 0 Å². The van der Waals surface area contributed by atoms with Crippen molar-refractivity contribution in [3.63, 3.8) is 0 Å². The van der Waals surface area contributed by atoms with Crippen LogP contribution in [0.25, 0.3) is 0 Å². The molecule has 13 heavy (non-hydrogen) atoms. The predicted molar refractivity (Wildman–Crippen MR) is 51.3 cm³/mol. The summed E-state index contributed by atoms with van der Waals surface area (Å²) in [7, 11) is 0. The van der Waals surface area contributed by atoms with Crippen LogP contribution >= 0.6 is 0 Å². The summed E-state index contributed by atoms with van der Waals surface area (Å²) in [6.07, 6.45) is 0. The Hall–Kier alpha value is -1.27. The van der Waals surface area contributed by atoms with Gasteiger partial charge in [0.1, 0.15) is 6.61 Å². The summed E-state index contributed by atoms with van der Waals surface area (Å²) in [5.74, 6) is 5.54.